The van der Waals surface area contributed by atoms with Gasteiger partial charge in [0, 0.05) is 16.0 Å². The molecular formula is C15H19ClN2OS. The highest BCUT2D eigenvalue weighted by atomic mass is 35.5. The van der Waals surface area contributed by atoms with E-state index in [1.165, 1.54) is 11.8 Å². The summed E-state index contributed by atoms with van der Waals surface area (Å²) in [6, 6.07) is 6.33. The van der Waals surface area contributed by atoms with Gasteiger partial charge in [-0.1, -0.05) is 24.6 Å². The fourth-order valence-electron chi connectivity index (χ4n) is 1.87. The predicted molar refractivity (Wildman–Crippen MR) is 83.5 cm³/mol. The van der Waals surface area contributed by atoms with Crippen LogP contribution in [0.3, 0.4) is 0 Å². The zero-order valence-electron chi connectivity index (χ0n) is 11.9. The molecule has 1 aromatic heterocycles. The molecule has 0 radical (unpaired) electrons. The van der Waals surface area contributed by atoms with Gasteiger partial charge in [-0.15, -0.1) is 0 Å². The molecule has 1 N–H and O–H groups in total. The van der Waals surface area contributed by atoms with Crippen molar-refractivity contribution >= 4 is 23.4 Å². The molecule has 1 unspecified atom stereocenters. The Kier molecular flexibility index (Phi) is 5.52. The molecule has 0 aliphatic rings. The number of aromatic nitrogens is 1. The van der Waals surface area contributed by atoms with Crippen molar-refractivity contribution in [3.05, 3.63) is 40.7 Å². The van der Waals surface area contributed by atoms with Gasteiger partial charge in [0.15, 0.2) is 0 Å². The van der Waals surface area contributed by atoms with Crippen molar-refractivity contribution in [3.8, 4) is 0 Å². The molecule has 20 heavy (non-hydrogen) atoms. The summed E-state index contributed by atoms with van der Waals surface area (Å²) in [6.07, 6.45) is 2.76. The minimum atomic E-state index is 0.255. The van der Waals surface area contributed by atoms with E-state index in [0.717, 1.165) is 34.1 Å². The van der Waals surface area contributed by atoms with E-state index in [4.69, 9.17) is 16.0 Å². The normalized spacial score (nSPS) is 12.6. The van der Waals surface area contributed by atoms with E-state index in [1.54, 1.807) is 6.26 Å². The first-order valence-electron chi connectivity index (χ1n) is 6.73. The zero-order chi connectivity index (χ0) is 14.5. The molecule has 0 saturated carbocycles. The maximum absolute atomic E-state index is 6.37. The summed E-state index contributed by atoms with van der Waals surface area (Å²) in [6.45, 7) is 7.18. The van der Waals surface area contributed by atoms with Crippen LogP contribution in [0.2, 0.25) is 5.02 Å². The summed E-state index contributed by atoms with van der Waals surface area (Å²) in [5, 5.41) is 4.85. The molecule has 3 nitrogen and oxygen atoms in total. The highest BCUT2D eigenvalue weighted by Gasteiger charge is 2.11. The average Bonchev–Trinajstić information content (AvgIpc) is 2.81. The molecule has 0 spiro atoms. The lowest BCUT2D eigenvalue weighted by atomic mass is 10.1. The Morgan fingerprint density at radius 2 is 2.25 bits per heavy atom. The smallest absolute Gasteiger partial charge is 0.260 e. The van der Waals surface area contributed by atoms with Crippen LogP contribution in [-0.4, -0.2) is 11.5 Å². The van der Waals surface area contributed by atoms with Crippen LogP contribution in [0.1, 0.15) is 37.6 Å². The number of hydrogen-bond donors (Lipinski definition) is 1. The Morgan fingerprint density at radius 1 is 1.45 bits per heavy atom. The molecule has 108 valence electrons. The predicted octanol–water partition coefficient (Wildman–Crippen LogP) is 4.85. The number of nitrogens with zero attached hydrogens (tertiary/aromatic N) is 1. The molecule has 0 aliphatic heterocycles. The minimum Gasteiger partial charge on any atom is -0.439 e. The summed E-state index contributed by atoms with van der Waals surface area (Å²) < 4.78 is 5.34. The second-order valence-electron chi connectivity index (χ2n) is 4.72. The zero-order valence-corrected chi connectivity index (χ0v) is 13.5. The Balaban J connectivity index is 2.09. The third kappa shape index (κ3) is 4.01. The fraction of sp³-hybridized carbons (Fsp3) is 0.400. The van der Waals surface area contributed by atoms with Crippen LogP contribution in [0, 0.1) is 6.92 Å². The van der Waals surface area contributed by atoms with Crippen LogP contribution in [0.15, 0.2) is 39.0 Å². The van der Waals surface area contributed by atoms with Crippen molar-refractivity contribution in [2.45, 2.75) is 43.4 Å². The third-order valence-electron chi connectivity index (χ3n) is 2.94. The Bertz CT molecular complexity index is 571. The number of oxazole rings is 1. The van der Waals surface area contributed by atoms with E-state index in [2.05, 4.69) is 36.3 Å². The highest BCUT2D eigenvalue weighted by Crippen LogP contribution is 2.32. The van der Waals surface area contributed by atoms with Gasteiger partial charge in [0.25, 0.3) is 5.22 Å². The monoisotopic (exact) mass is 310 g/mol. The topological polar surface area (TPSA) is 38.1 Å². The van der Waals surface area contributed by atoms with Crippen LogP contribution in [0.4, 0.5) is 0 Å². The molecule has 1 heterocycles. The van der Waals surface area contributed by atoms with Gasteiger partial charge < -0.3 is 9.73 Å². The number of benzene rings is 1. The molecule has 0 amide bonds. The van der Waals surface area contributed by atoms with Gasteiger partial charge in [0.2, 0.25) is 0 Å². The third-order valence-corrected chi connectivity index (χ3v) is 4.12. The van der Waals surface area contributed by atoms with Crippen molar-refractivity contribution in [2.75, 3.05) is 6.54 Å². The van der Waals surface area contributed by atoms with Crippen LogP contribution in [0.5, 0.6) is 0 Å². The molecule has 5 heteroatoms. The van der Waals surface area contributed by atoms with E-state index in [0.29, 0.717) is 5.22 Å². The maximum atomic E-state index is 6.37. The van der Waals surface area contributed by atoms with Crippen molar-refractivity contribution in [1.29, 1.82) is 0 Å². The number of halogens is 1. The molecule has 2 rings (SSSR count). The van der Waals surface area contributed by atoms with Gasteiger partial charge in [-0.05, 0) is 56.3 Å². The summed E-state index contributed by atoms with van der Waals surface area (Å²) in [5.41, 5.74) is 2.00. The van der Waals surface area contributed by atoms with Crippen molar-refractivity contribution in [2.24, 2.45) is 0 Å². The summed E-state index contributed by atoms with van der Waals surface area (Å²) >= 11 is 7.85. The van der Waals surface area contributed by atoms with E-state index >= 15 is 0 Å². The summed E-state index contributed by atoms with van der Waals surface area (Å²) in [5.74, 6) is 0. The second-order valence-corrected chi connectivity index (χ2v) is 6.15. The quantitative estimate of drug-likeness (QED) is 0.828. The van der Waals surface area contributed by atoms with Crippen molar-refractivity contribution in [1.82, 2.24) is 10.3 Å². The van der Waals surface area contributed by atoms with Crippen molar-refractivity contribution in [3.63, 3.8) is 0 Å². The number of nitrogens with one attached hydrogen (secondary N) is 1. The molecule has 0 aliphatic carbocycles. The van der Waals surface area contributed by atoms with Gasteiger partial charge in [0.05, 0.1) is 5.69 Å². The number of hydrogen-bond acceptors (Lipinski definition) is 4. The lowest BCUT2D eigenvalue weighted by molar-refractivity contribution is 0.454. The second kappa shape index (κ2) is 7.16. The van der Waals surface area contributed by atoms with E-state index < -0.39 is 0 Å². The minimum absolute atomic E-state index is 0.255. The fourth-order valence-corrected chi connectivity index (χ4v) is 3.08. The number of rotatable bonds is 6. The maximum Gasteiger partial charge on any atom is 0.260 e. The van der Waals surface area contributed by atoms with Gasteiger partial charge in [-0.3, -0.25) is 0 Å². The van der Waals surface area contributed by atoms with Crippen LogP contribution in [0.25, 0.3) is 0 Å². The van der Waals surface area contributed by atoms with Crippen LogP contribution in [-0.2, 0) is 0 Å². The highest BCUT2D eigenvalue weighted by molar-refractivity contribution is 7.99. The molecule has 0 fully saturated rings. The van der Waals surface area contributed by atoms with Crippen molar-refractivity contribution < 1.29 is 4.42 Å². The van der Waals surface area contributed by atoms with Crippen LogP contribution >= 0.6 is 23.4 Å². The SMILES string of the molecule is CCCNC(C)c1ccc(Sc2nc(C)co2)cc1Cl. The van der Waals surface area contributed by atoms with Gasteiger partial charge >= 0.3 is 0 Å². The standard InChI is InChI=1S/C15H19ClN2OS/c1-4-7-17-11(3)13-6-5-12(8-14(13)16)20-15-18-10(2)9-19-15/h5-6,8-9,11,17H,4,7H2,1-3H3. The lowest BCUT2D eigenvalue weighted by Gasteiger charge is -2.15. The molecule has 0 bridgehead atoms. The number of aryl methyl sites for hydroxylation is 1. The van der Waals surface area contributed by atoms with Crippen LogP contribution < -0.4 is 5.32 Å². The van der Waals surface area contributed by atoms with Gasteiger partial charge in [0.1, 0.15) is 6.26 Å². The molecular weight excluding hydrogens is 292 g/mol. The van der Waals surface area contributed by atoms with Gasteiger partial charge in [-0.2, -0.15) is 0 Å². The molecule has 1 atom stereocenters. The molecule has 2 aromatic rings. The summed E-state index contributed by atoms with van der Waals surface area (Å²) in [7, 11) is 0. The molecule has 0 saturated heterocycles. The first kappa shape index (κ1) is 15.4. The summed E-state index contributed by atoms with van der Waals surface area (Å²) in [4.78, 5) is 5.31. The Morgan fingerprint density at radius 3 is 2.85 bits per heavy atom. The van der Waals surface area contributed by atoms with E-state index in [1.807, 2.05) is 13.0 Å². The largest absolute Gasteiger partial charge is 0.439 e. The lowest BCUT2D eigenvalue weighted by Crippen LogP contribution is -2.19. The molecule has 1 aromatic carbocycles. The Labute approximate surface area is 129 Å². The Hall–Kier alpha value is -0.970. The van der Waals surface area contributed by atoms with Gasteiger partial charge in [-0.25, -0.2) is 4.98 Å². The first-order valence-corrected chi connectivity index (χ1v) is 7.92. The average molecular weight is 311 g/mol. The van der Waals surface area contributed by atoms with E-state index in [9.17, 15) is 0 Å². The van der Waals surface area contributed by atoms with E-state index in [-0.39, 0.29) is 6.04 Å². The first-order chi connectivity index (χ1) is 9.60.